The molecule has 10 nitrogen and oxygen atoms in total. The zero-order chi connectivity index (χ0) is 25.8. The molecule has 0 aliphatic carbocycles. The van der Waals surface area contributed by atoms with Crippen LogP contribution in [0.25, 0.3) is 10.9 Å². The summed E-state index contributed by atoms with van der Waals surface area (Å²) in [7, 11) is 0. The minimum Gasteiger partial charge on any atom is -0.504 e. The molecule has 0 fully saturated rings. The average molecular weight is 551 g/mol. The maximum atomic E-state index is 12.6. The van der Waals surface area contributed by atoms with Gasteiger partial charge in [0, 0.05) is 30.2 Å². The summed E-state index contributed by atoms with van der Waals surface area (Å²) in [5.74, 6) is 0.544. The van der Waals surface area contributed by atoms with Gasteiger partial charge in [0.25, 0.3) is 0 Å². The summed E-state index contributed by atoms with van der Waals surface area (Å²) in [6.07, 6.45) is 0.557. The Bertz CT molecular complexity index is 1430. The first kappa shape index (κ1) is 26.0. The molecule has 4 rings (SSSR count). The molecule has 0 saturated heterocycles. The number of nitrogens with one attached hydrogen (secondary N) is 2. The molecule has 0 aliphatic heterocycles. The van der Waals surface area contributed by atoms with Crippen molar-refractivity contribution in [2.24, 2.45) is 0 Å². The normalized spacial score (nSPS) is 13.0. The molecule has 0 saturated carbocycles. The second kappa shape index (κ2) is 11.4. The van der Waals surface area contributed by atoms with Crippen LogP contribution < -0.4 is 14.4 Å². The first-order chi connectivity index (χ1) is 17.2. The SMILES string of the molecule is Cc1ccc2c(Cl)cc(S(=O)ONCCc3ccc(NS(=O)Oc4c(C)noc4C)cc3)c(O)c2n1. The summed E-state index contributed by atoms with van der Waals surface area (Å²) in [5.41, 5.74) is 5.67. The van der Waals surface area contributed by atoms with E-state index < -0.39 is 22.3 Å². The van der Waals surface area contributed by atoms with Crippen LogP contribution in [-0.2, 0) is 33.1 Å². The van der Waals surface area contributed by atoms with Crippen molar-refractivity contribution in [3.05, 3.63) is 70.2 Å². The highest BCUT2D eigenvalue weighted by Gasteiger charge is 2.18. The van der Waals surface area contributed by atoms with E-state index >= 15 is 0 Å². The molecule has 0 bridgehead atoms. The number of hydroxylamine groups is 1. The number of fused-ring (bicyclic) bond motifs is 1. The lowest BCUT2D eigenvalue weighted by molar-refractivity contribution is 0.222. The predicted molar refractivity (Wildman–Crippen MR) is 137 cm³/mol. The molecular weight excluding hydrogens is 528 g/mol. The minimum absolute atomic E-state index is 0.0281. The quantitative estimate of drug-likeness (QED) is 0.194. The van der Waals surface area contributed by atoms with Crippen molar-refractivity contribution in [2.75, 3.05) is 11.3 Å². The van der Waals surface area contributed by atoms with Gasteiger partial charge in [-0.15, -0.1) is 0 Å². The van der Waals surface area contributed by atoms with E-state index in [-0.39, 0.29) is 16.2 Å². The van der Waals surface area contributed by atoms with E-state index in [9.17, 15) is 13.5 Å². The number of nitrogens with zero attached hydrogens (tertiary/aromatic N) is 2. The Balaban J connectivity index is 1.28. The molecule has 2 aromatic heterocycles. The summed E-state index contributed by atoms with van der Waals surface area (Å²) >= 11 is 2.43. The van der Waals surface area contributed by atoms with Crippen molar-refractivity contribution < 1.29 is 26.5 Å². The van der Waals surface area contributed by atoms with Crippen molar-refractivity contribution in [3.63, 3.8) is 0 Å². The molecule has 2 unspecified atom stereocenters. The number of anilines is 1. The van der Waals surface area contributed by atoms with E-state index in [4.69, 9.17) is 24.6 Å². The predicted octanol–water partition coefficient (Wildman–Crippen LogP) is 4.36. The average Bonchev–Trinajstić information content (AvgIpc) is 3.16. The fourth-order valence-electron chi connectivity index (χ4n) is 3.30. The summed E-state index contributed by atoms with van der Waals surface area (Å²) in [6, 6.07) is 12.1. The standard InChI is InChI=1S/C23H23ClN4O6S2/c1-13-4-9-18-19(24)12-20(22(29)21(18)26-13)35(30)34-25-11-10-16-5-7-17(8-6-16)28-36(31)33-23-14(2)27-32-15(23)3/h4-9,12,25,28-29H,10-11H2,1-3H3. The minimum atomic E-state index is -2.01. The van der Waals surface area contributed by atoms with Crippen LogP contribution in [0, 0.1) is 20.8 Å². The van der Waals surface area contributed by atoms with Crippen LogP contribution in [0.1, 0.15) is 22.7 Å². The number of rotatable bonds is 10. The van der Waals surface area contributed by atoms with Gasteiger partial charge < -0.3 is 13.8 Å². The third-order valence-electron chi connectivity index (χ3n) is 5.12. The second-order valence-electron chi connectivity index (χ2n) is 7.79. The van der Waals surface area contributed by atoms with Gasteiger partial charge in [-0.3, -0.25) is 4.72 Å². The molecule has 0 radical (unpaired) electrons. The van der Waals surface area contributed by atoms with Crippen LogP contribution in [0.15, 0.2) is 51.9 Å². The van der Waals surface area contributed by atoms with Gasteiger partial charge in [0.05, 0.1) is 5.02 Å². The fraction of sp³-hybridized carbons (Fsp3) is 0.217. The van der Waals surface area contributed by atoms with Crippen molar-refractivity contribution in [2.45, 2.75) is 32.1 Å². The largest absolute Gasteiger partial charge is 0.504 e. The lowest BCUT2D eigenvalue weighted by Crippen LogP contribution is -2.19. The number of hydrogen-bond donors (Lipinski definition) is 3. The molecule has 2 heterocycles. The van der Waals surface area contributed by atoms with E-state index in [1.165, 1.54) is 6.07 Å². The lowest BCUT2D eigenvalue weighted by Gasteiger charge is -2.10. The second-order valence-corrected chi connectivity index (χ2v) is 10.1. The number of benzene rings is 2. The van der Waals surface area contributed by atoms with Crippen molar-refractivity contribution in [3.8, 4) is 11.5 Å². The van der Waals surface area contributed by atoms with Gasteiger partial charge in [0.2, 0.25) is 16.8 Å². The molecule has 2 aromatic carbocycles. The van der Waals surface area contributed by atoms with Crippen molar-refractivity contribution in [1.82, 2.24) is 15.6 Å². The number of aromatic hydroxyl groups is 1. The number of hydrogen-bond acceptors (Lipinski definition) is 9. The Kier molecular flexibility index (Phi) is 8.21. The van der Waals surface area contributed by atoms with Crippen LogP contribution >= 0.6 is 11.6 Å². The van der Waals surface area contributed by atoms with Gasteiger partial charge in [0.15, 0.2) is 11.5 Å². The van der Waals surface area contributed by atoms with Crippen LogP contribution in [-0.4, -0.2) is 30.2 Å². The van der Waals surface area contributed by atoms with Crippen LogP contribution in [0.2, 0.25) is 5.02 Å². The maximum Gasteiger partial charge on any atom is 0.316 e. The number of halogens is 1. The van der Waals surface area contributed by atoms with Gasteiger partial charge in [-0.1, -0.05) is 28.9 Å². The molecule has 0 amide bonds. The summed E-state index contributed by atoms with van der Waals surface area (Å²) in [5, 5.41) is 15.2. The molecule has 3 N–H and O–H groups in total. The summed E-state index contributed by atoms with van der Waals surface area (Å²) in [4.78, 5) is 4.31. The van der Waals surface area contributed by atoms with Gasteiger partial charge >= 0.3 is 11.3 Å². The fourth-order valence-corrected chi connectivity index (χ4v) is 5.13. The zero-order valence-corrected chi connectivity index (χ0v) is 21.9. The maximum absolute atomic E-state index is 12.6. The third-order valence-corrected chi connectivity index (χ3v) is 7.09. The van der Waals surface area contributed by atoms with Gasteiger partial charge in [-0.05, 0) is 56.2 Å². The number of aromatic nitrogens is 2. The van der Waals surface area contributed by atoms with E-state index in [1.54, 1.807) is 45.0 Å². The molecule has 36 heavy (non-hydrogen) atoms. The van der Waals surface area contributed by atoms with Gasteiger partial charge in [-0.2, -0.15) is 14.0 Å². The third kappa shape index (κ3) is 6.02. The molecule has 0 aliphatic rings. The zero-order valence-electron chi connectivity index (χ0n) is 19.5. The topological polar surface area (TPSA) is 136 Å². The van der Waals surface area contributed by atoms with E-state index in [1.807, 2.05) is 12.1 Å². The van der Waals surface area contributed by atoms with Crippen LogP contribution in [0.4, 0.5) is 5.69 Å². The van der Waals surface area contributed by atoms with E-state index in [2.05, 4.69) is 20.3 Å². The molecular formula is C23H23ClN4O6S2. The lowest BCUT2D eigenvalue weighted by atomic mass is 10.1. The molecule has 2 atom stereocenters. The highest BCUT2D eigenvalue weighted by molar-refractivity contribution is 7.82. The Morgan fingerprint density at radius 2 is 1.86 bits per heavy atom. The molecule has 190 valence electrons. The Hall–Kier alpha value is -3.03. The van der Waals surface area contributed by atoms with Gasteiger partial charge in [0.1, 0.15) is 16.1 Å². The van der Waals surface area contributed by atoms with Crippen LogP contribution in [0.3, 0.4) is 0 Å². The Labute approximate surface area is 217 Å². The Morgan fingerprint density at radius 3 is 2.56 bits per heavy atom. The molecule has 13 heteroatoms. The monoisotopic (exact) mass is 550 g/mol. The van der Waals surface area contributed by atoms with E-state index in [0.29, 0.717) is 52.0 Å². The smallest absolute Gasteiger partial charge is 0.316 e. The Morgan fingerprint density at radius 1 is 1.11 bits per heavy atom. The van der Waals surface area contributed by atoms with E-state index in [0.717, 1.165) is 5.56 Å². The number of pyridine rings is 1. The van der Waals surface area contributed by atoms with Crippen LogP contribution in [0.5, 0.6) is 11.5 Å². The molecule has 4 aromatic rings. The highest BCUT2D eigenvalue weighted by atomic mass is 35.5. The summed E-state index contributed by atoms with van der Waals surface area (Å²) < 4.78 is 43.1. The number of phenols is 1. The highest BCUT2D eigenvalue weighted by Crippen LogP contribution is 2.35. The molecule has 0 spiro atoms. The van der Waals surface area contributed by atoms with Gasteiger partial charge in [-0.25, -0.2) is 9.19 Å². The number of phenolic OH excluding ortho intramolecular Hbond substituents is 1. The number of aryl methyl sites for hydroxylation is 3. The van der Waals surface area contributed by atoms with Crippen molar-refractivity contribution in [1.29, 1.82) is 0 Å². The van der Waals surface area contributed by atoms with Crippen molar-refractivity contribution >= 4 is 50.5 Å². The summed E-state index contributed by atoms with van der Waals surface area (Å²) in [6.45, 7) is 5.50. The first-order valence-electron chi connectivity index (χ1n) is 10.7. The first-order valence-corrected chi connectivity index (χ1v) is 13.2.